The van der Waals surface area contributed by atoms with Crippen LogP contribution in [-0.4, -0.2) is 36.1 Å². The van der Waals surface area contributed by atoms with Crippen LogP contribution >= 0.6 is 0 Å². The van der Waals surface area contributed by atoms with Gasteiger partial charge in [-0.1, -0.05) is 6.92 Å². The van der Waals surface area contributed by atoms with Gasteiger partial charge >= 0.3 is 0 Å². The number of rotatable bonds is 4. The number of carbonyl (C=O) groups is 2. The zero-order valence-electron chi connectivity index (χ0n) is 14.4. The van der Waals surface area contributed by atoms with E-state index in [-0.39, 0.29) is 22.1 Å². The SMILES string of the molecule is CC[C@@H]1Oc2ccc(S(=O)(=O)NC(=O)c3cn(C)nc3C)cc2NC1=O. The molecule has 26 heavy (non-hydrogen) atoms. The van der Waals surface area contributed by atoms with E-state index in [4.69, 9.17) is 4.74 Å². The van der Waals surface area contributed by atoms with Gasteiger partial charge in [0, 0.05) is 13.2 Å². The normalized spacial score (nSPS) is 16.4. The number of ether oxygens (including phenoxy) is 1. The highest BCUT2D eigenvalue weighted by atomic mass is 32.2. The first-order chi connectivity index (χ1) is 12.2. The van der Waals surface area contributed by atoms with Crippen molar-refractivity contribution >= 4 is 27.5 Å². The van der Waals surface area contributed by atoms with Crippen molar-refractivity contribution < 1.29 is 22.7 Å². The average Bonchev–Trinajstić information content (AvgIpc) is 2.91. The first kappa shape index (κ1) is 17.9. The number of nitrogens with zero attached hydrogens (tertiary/aromatic N) is 2. The van der Waals surface area contributed by atoms with E-state index < -0.39 is 22.0 Å². The van der Waals surface area contributed by atoms with Crippen LogP contribution in [0.3, 0.4) is 0 Å². The van der Waals surface area contributed by atoms with Crippen LogP contribution in [0.1, 0.15) is 29.4 Å². The zero-order chi connectivity index (χ0) is 19.1. The molecule has 1 aromatic heterocycles. The number of amides is 2. The number of carbonyl (C=O) groups excluding carboxylic acids is 2. The second kappa shape index (κ2) is 6.45. The minimum Gasteiger partial charge on any atom is -0.478 e. The lowest BCUT2D eigenvalue weighted by Gasteiger charge is -2.25. The highest BCUT2D eigenvalue weighted by Gasteiger charge is 2.28. The van der Waals surface area contributed by atoms with Crippen LogP contribution in [0.5, 0.6) is 5.75 Å². The van der Waals surface area contributed by atoms with E-state index in [1.54, 1.807) is 14.0 Å². The maximum Gasteiger partial charge on any atom is 0.268 e. The van der Waals surface area contributed by atoms with E-state index in [1.165, 1.54) is 29.1 Å². The Bertz CT molecular complexity index is 996. The molecule has 0 fully saturated rings. The van der Waals surface area contributed by atoms with Gasteiger partial charge in [-0.15, -0.1) is 0 Å². The number of hydrogen-bond acceptors (Lipinski definition) is 6. The van der Waals surface area contributed by atoms with Crippen molar-refractivity contribution in [2.45, 2.75) is 31.3 Å². The molecule has 3 rings (SSSR count). The van der Waals surface area contributed by atoms with Crippen molar-refractivity contribution in [3.8, 4) is 5.75 Å². The molecule has 0 saturated heterocycles. The summed E-state index contributed by atoms with van der Waals surface area (Å²) >= 11 is 0. The van der Waals surface area contributed by atoms with Crippen molar-refractivity contribution in [2.75, 3.05) is 5.32 Å². The molecule has 0 radical (unpaired) electrons. The van der Waals surface area contributed by atoms with Gasteiger partial charge in [-0.2, -0.15) is 5.10 Å². The topological polar surface area (TPSA) is 119 Å². The Labute approximate surface area is 150 Å². The molecule has 2 aromatic rings. The highest BCUT2D eigenvalue weighted by molar-refractivity contribution is 7.90. The van der Waals surface area contributed by atoms with E-state index in [1.807, 2.05) is 11.6 Å². The maximum absolute atomic E-state index is 12.5. The molecule has 1 aliphatic heterocycles. The van der Waals surface area contributed by atoms with Crippen molar-refractivity contribution in [3.63, 3.8) is 0 Å². The first-order valence-corrected chi connectivity index (χ1v) is 9.38. The van der Waals surface area contributed by atoms with Gasteiger partial charge in [-0.05, 0) is 31.5 Å². The van der Waals surface area contributed by atoms with E-state index in [0.29, 0.717) is 17.9 Å². The van der Waals surface area contributed by atoms with Gasteiger partial charge in [-0.3, -0.25) is 14.3 Å². The molecule has 0 bridgehead atoms. The molecule has 2 amide bonds. The standard InChI is InChI=1S/C16H18N4O5S/c1-4-13-16(22)17-12-7-10(5-6-14(12)25-13)26(23,24)19-15(21)11-8-20(3)18-9(11)2/h5-8,13H,4H2,1-3H3,(H,17,22)(H,19,21)/t13-/m0/s1. The molecule has 0 spiro atoms. The Hall–Kier alpha value is -2.88. The molecule has 0 saturated carbocycles. The monoisotopic (exact) mass is 378 g/mol. The fourth-order valence-corrected chi connectivity index (χ4v) is 3.62. The number of fused-ring (bicyclic) bond motifs is 1. The number of hydrogen-bond donors (Lipinski definition) is 2. The van der Waals surface area contributed by atoms with Crippen LogP contribution < -0.4 is 14.8 Å². The Morgan fingerprint density at radius 3 is 2.77 bits per heavy atom. The number of anilines is 1. The highest BCUT2D eigenvalue weighted by Crippen LogP contribution is 2.32. The predicted octanol–water partition coefficient (Wildman–Crippen LogP) is 0.957. The van der Waals surface area contributed by atoms with Crippen LogP contribution in [0.15, 0.2) is 29.3 Å². The smallest absolute Gasteiger partial charge is 0.268 e. The summed E-state index contributed by atoms with van der Waals surface area (Å²) in [5.74, 6) is -0.742. The van der Waals surface area contributed by atoms with E-state index in [9.17, 15) is 18.0 Å². The molecule has 1 atom stereocenters. The lowest BCUT2D eigenvalue weighted by molar-refractivity contribution is -0.123. The summed E-state index contributed by atoms with van der Waals surface area (Å²) in [6.45, 7) is 3.42. The fraction of sp³-hybridized carbons (Fsp3) is 0.312. The lowest BCUT2D eigenvalue weighted by atomic mass is 10.2. The second-order valence-electron chi connectivity index (χ2n) is 5.90. The van der Waals surface area contributed by atoms with Gasteiger partial charge < -0.3 is 10.1 Å². The van der Waals surface area contributed by atoms with Crippen molar-refractivity contribution in [3.05, 3.63) is 35.7 Å². The Kier molecular flexibility index (Phi) is 4.45. The van der Waals surface area contributed by atoms with Gasteiger partial charge in [0.25, 0.3) is 21.8 Å². The third-order valence-corrected chi connectivity index (χ3v) is 5.27. The van der Waals surface area contributed by atoms with Gasteiger partial charge in [0.15, 0.2) is 6.10 Å². The van der Waals surface area contributed by atoms with Gasteiger partial charge in [0.05, 0.1) is 21.8 Å². The second-order valence-corrected chi connectivity index (χ2v) is 7.58. The van der Waals surface area contributed by atoms with Gasteiger partial charge in [-0.25, -0.2) is 13.1 Å². The molecule has 1 aromatic carbocycles. The van der Waals surface area contributed by atoms with Crippen LogP contribution in [0.2, 0.25) is 0 Å². The van der Waals surface area contributed by atoms with Crippen LogP contribution in [0, 0.1) is 6.92 Å². The number of sulfonamides is 1. The maximum atomic E-state index is 12.5. The van der Waals surface area contributed by atoms with Crippen molar-refractivity contribution in [2.24, 2.45) is 7.05 Å². The van der Waals surface area contributed by atoms with Crippen molar-refractivity contribution in [1.82, 2.24) is 14.5 Å². The van der Waals surface area contributed by atoms with Crippen LogP contribution in [-0.2, 0) is 21.9 Å². The molecule has 10 heteroatoms. The Morgan fingerprint density at radius 2 is 2.15 bits per heavy atom. The fourth-order valence-electron chi connectivity index (χ4n) is 2.62. The van der Waals surface area contributed by atoms with Crippen molar-refractivity contribution in [1.29, 1.82) is 0 Å². The number of nitrogens with one attached hydrogen (secondary N) is 2. The summed E-state index contributed by atoms with van der Waals surface area (Å²) in [5, 5.41) is 6.63. The molecular formula is C16H18N4O5S. The van der Waals surface area contributed by atoms with Gasteiger partial charge in [0.2, 0.25) is 0 Å². The van der Waals surface area contributed by atoms with E-state index >= 15 is 0 Å². The van der Waals surface area contributed by atoms with Crippen LogP contribution in [0.25, 0.3) is 0 Å². The summed E-state index contributed by atoms with van der Waals surface area (Å²) in [6.07, 6.45) is 1.32. The Morgan fingerprint density at radius 1 is 1.42 bits per heavy atom. The largest absolute Gasteiger partial charge is 0.478 e. The van der Waals surface area contributed by atoms with Gasteiger partial charge in [0.1, 0.15) is 5.75 Å². The summed E-state index contributed by atoms with van der Waals surface area (Å²) in [6, 6.07) is 4.02. The Balaban J connectivity index is 1.86. The van der Waals surface area contributed by atoms with Crippen LogP contribution in [0.4, 0.5) is 5.69 Å². The quantitative estimate of drug-likeness (QED) is 0.818. The summed E-state index contributed by atoms with van der Waals surface area (Å²) in [7, 11) is -2.50. The molecule has 0 unspecified atom stereocenters. The molecule has 2 heterocycles. The average molecular weight is 378 g/mol. The number of benzene rings is 1. The summed E-state index contributed by atoms with van der Waals surface area (Å²) in [4.78, 5) is 24.0. The number of aryl methyl sites for hydroxylation is 2. The number of aromatic nitrogens is 2. The summed E-state index contributed by atoms with van der Waals surface area (Å²) < 4.78 is 34.0. The lowest BCUT2D eigenvalue weighted by Crippen LogP contribution is -2.36. The third-order valence-electron chi connectivity index (χ3n) is 3.94. The molecule has 9 nitrogen and oxygen atoms in total. The summed E-state index contributed by atoms with van der Waals surface area (Å²) in [5.41, 5.74) is 0.820. The predicted molar refractivity (Wildman–Crippen MR) is 92.4 cm³/mol. The van der Waals surface area contributed by atoms with E-state index in [0.717, 1.165) is 0 Å². The first-order valence-electron chi connectivity index (χ1n) is 7.90. The third kappa shape index (κ3) is 3.27. The molecule has 2 N–H and O–H groups in total. The van der Waals surface area contributed by atoms with E-state index in [2.05, 4.69) is 10.4 Å². The minimum absolute atomic E-state index is 0.162. The minimum atomic E-state index is -4.13. The zero-order valence-corrected chi connectivity index (χ0v) is 15.3. The molecule has 0 aliphatic carbocycles. The molecule has 138 valence electrons. The molecule has 1 aliphatic rings. The molecular weight excluding hydrogens is 360 g/mol.